The number of unbranched alkanes of at least 4 members (excludes halogenated alkanes) is 30. The van der Waals surface area contributed by atoms with Crippen LogP contribution < -0.4 is 5.32 Å². The monoisotopic (exact) mass is 1110 g/mol. The molecule has 0 aliphatic heterocycles. The maximum Gasteiger partial charge on any atom is 0.472 e. The molecule has 9 nitrogen and oxygen atoms in total. The zero-order valence-corrected chi connectivity index (χ0v) is 52.5. The van der Waals surface area contributed by atoms with Crippen LogP contribution in [0, 0.1) is 0 Å². The summed E-state index contributed by atoms with van der Waals surface area (Å²) >= 11 is 0. The molecule has 0 aliphatic rings. The number of nitrogens with one attached hydrogen (secondary N) is 1. The van der Waals surface area contributed by atoms with E-state index < -0.39 is 20.0 Å². The molecule has 2 N–H and O–H groups in total. The second-order valence-electron chi connectivity index (χ2n) is 22.9. The Morgan fingerprint density at radius 2 is 0.821 bits per heavy atom. The molecule has 452 valence electrons. The third-order valence-electron chi connectivity index (χ3n) is 14.1. The molecule has 3 atom stereocenters. The molecule has 3 unspecified atom stereocenters. The Morgan fingerprint density at radius 3 is 1.26 bits per heavy atom. The van der Waals surface area contributed by atoms with Crippen molar-refractivity contribution in [3.05, 3.63) is 85.1 Å². The van der Waals surface area contributed by atoms with Gasteiger partial charge in [0.05, 0.1) is 33.8 Å². The Morgan fingerprint density at radius 1 is 0.462 bits per heavy atom. The van der Waals surface area contributed by atoms with Gasteiger partial charge in [0.1, 0.15) is 19.3 Å². The fourth-order valence-electron chi connectivity index (χ4n) is 9.08. The van der Waals surface area contributed by atoms with Crippen molar-refractivity contribution in [2.24, 2.45) is 0 Å². The maximum atomic E-state index is 13.6. The molecule has 1 amide bonds. The largest absolute Gasteiger partial charge is 0.472 e. The molecule has 0 aromatic heterocycles. The smallest absolute Gasteiger partial charge is 0.456 e. The average molecular weight is 1110 g/mol. The Bertz CT molecular complexity index is 1610. The van der Waals surface area contributed by atoms with Gasteiger partial charge in [-0.05, 0) is 102 Å². The van der Waals surface area contributed by atoms with Crippen LogP contribution in [0.1, 0.15) is 284 Å². The molecule has 0 bridgehead atoms. The van der Waals surface area contributed by atoms with Crippen LogP contribution in [0.3, 0.4) is 0 Å². The number of likely N-dealkylation sites (N-methyl/N-ethyl adjacent to an activating group) is 1. The van der Waals surface area contributed by atoms with Gasteiger partial charge in [-0.25, -0.2) is 4.57 Å². The third kappa shape index (κ3) is 57.9. The van der Waals surface area contributed by atoms with Gasteiger partial charge in [0.2, 0.25) is 5.91 Å². The van der Waals surface area contributed by atoms with Crippen LogP contribution in [-0.2, 0) is 27.9 Å². The summed E-state index contributed by atoms with van der Waals surface area (Å²) in [5.41, 5.74) is 0. The van der Waals surface area contributed by atoms with Crippen molar-refractivity contribution in [1.29, 1.82) is 0 Å². The van der Waals surface area contributed by atoms with Gasteiger partial charge < -0.3 is 19.4 Å². The lowest BCUT2D eigenvalue weighted by atomic mass is 10.0. The van der Waals surface area contributed by atoms with E-state index in [9.17, 15) is 19.0 Å². The SMILES string of the molecule is CC/C=C/C/C=C/C/C=C/CCCCCCC(=O)OC(/C=C\CCCCCCCCCCCCC)C(COP(=O)(O)OCC[N+](C)(C)C)NC(=O)CCCCCCCCCCCCCC/C=C\C/C=C\C/C=C\CCCCC. The summed E-state index contributed by atoms with van der Waals surface area (Å²) in [6.45, 7) is 6.87. The van der Waals surface area contributed by atoms with Crippen molar-refractivity contribution in [3.63, 3.8) is 0 Å². The minimum atomic E-state index is -4.46. The first-order valence-corrected chi connectivity index (χ1v) is 33.9. The lowest BCUT2D eigenvalue weighted by Crippen LogP contribution is -2.47. The highest BCUT2D eigenvalue weighted by molar-refractivity contribution is 7.47. The highest BCUT2D eigenvalue weighted by Crippen LogP contribution is 2.43. The molecule has 0 heterocycles. The predicted molar refractivity (Wildman–Crippen MR) is 337 cm³/mol. The molecule has 10 heteroatoms. The molecule has 0 aromatic carbocycles. The first kappa shape index (κ1) is 75.2. The molecule has 0 radical (unpaired) electrons. The van der Waals surface area contributed by atoms with Crippen molar-refractivity contribution in [1.82, 2.24) is 5.32 Å². The van der Waals surface area contributed by atoms with E-state index in [-0.39, 0.29) is 31.5 Å². The van der Waals surface area contributed by atoms with Gasteiger partial charge in [0.15, 0.2) is 0 Å². The molecule has 0 aromatic rings. The van der Waals surface area contributed by atoms with Crippen molar-refractivity contribution < 1.29 is 37.3 Å². The van der Waals surface area contributed by atoms with Crippen LogP contribution >= 0.6 is 7.82 Å². The topological polar surface area (TPSA) is 111 Å². The third-order valence-corrected chi connectivity index (χ3v) is 15.1. The number of esters is 1. The van der Waals surface area contributed by atoms with E-state index in [2.05, 4.69) is 99.0 Å². The first-order chi connectivity index (χ1) is 37.9. The van der Waals surface area contributed by atoms with Crippen LogP contribution in [0.25, 0.3) is 0 Å². The predicted octanol–water partition coefficient (Wildman–Crippen LogP) is 20.2. The van der Waals surface area contributed by atoms with E-state index in [1.807, 2.05) is 33.3 Å². The van der Waals surface area contributed by atoms with Crippen LogP contribution in [-0.4, -0.2) is 74.3 Å². The summed E-state index contributed by atoms with van der Waals surface area (Å²) in [5, 5.41) is 3.06. The van der Waals surface area contributed by atoms with Crippen molar-refractivity contribution >= 4 is 19.7 Å². The van der Waals surface area contributed by atoms with Gasteiger partial charge >= 0.3 is 13.8 Å². The number of rotatable bonds is 58. The van der Waals surface area contributed by atoms with E-state index in [1.54, 1.807) is 0 Å². The van der Waals surface area contributed by atoms with Crippen LogP contribution in [0.15, 0.2) is 85.1 Å². The van der Waals surface area contributed by atoms with Crippen LogP contribution in [0.4, 0.5) is 0 Å². The number of nitrogens with zero attached hydrogens (tertiary/aromatic N) is 1. The summed E-state index contributed by atoms with van der Waals surface area (Å²) in [4.78, 5) is 37.7. The summed E-state index contributed by atoms with van der Waals surface area (Å²) in [7, 11) is 1.48. The minimum absolute atomic E-state index is 0.0333. The van der Waals surface area contributed by atoms with E-state index >= 15 is 0 Å². The number of carbonyl (C=O) groups excluding carboxylic acids is 2. The second kappa shape index (κ2) is 57.4. The molecule has 0 saturated heterocycles. The van der Waals surface area contributed by atoms with Gasteiger partial charge in [0, 0.05) is 12.8 Å². The molecule has 78 heavy (non-hydrogen) atoms. The van der Waals surface area contributed by atoms with Crippen molar-refractivity contribution in [2.75, 3.05) is 40.9 Å². The Labute approximate surface area is 482 Å². The number of hydrogen-bond acceptors (Lipinski definition) is 6. The number of phosphoric acid groups is 1. The zero-order valence-electron chi connectivity index (χ0n) is 51.6. The van der Waals surface area contributed by atoms with Crippen molar-refractivity contribution in [2.45, 2.75) is 296 Å². The summed E-state index contributed by atoms with van der Waals surface area (Å²) in [6.07, 6.45) is 75.8. The first-order valence-electron chi connectivity index (χ1n) is 32.4. The van der Waals surface area contributed by atoms with E-state index in [0.717, 1.165) is 96.3 Å². The number of quaternary nitrogens is 1. The molecule has 0 fully saturated rings. The number of allylic oxidation sites excluding steroid dienone is 13. The van der Waals surface area contributed by atoms with Gasteiger partial charge in [-0.15, -0.1) is 0 Å². The van der Waals surface area contributed by atoms with Crippen LogP contribution in [0.5, 0.6) is 0 Å². The summed E-state index contributed by atoms with van der Waals surface area (Å²) in [6, 6.07) is -0.862. The fraction of sp³-hybridized carbons (Fsp3) is 0.765. The summed E-state index contributed by atoms with van der Waals surface area (Å²) < 4.78 is 30.7. The molecular weight excluding hydrogens is 988 g/mol. The van der Waals surface area contributed by atoms with E-state index in [4.69, 9.17) is 13.8 Å². The van der Waals surface area contributed by atoms with Crippen LogP contribution in [0.2, 0.25) is 0 Å². The molecule has 0 rings (SSSR count). The van der Waals surface area contributed by atoms with Gasteiger partial charge in [0.25, 0.3) is 0 Å². The lowest BCUT2D eigenvalue weighted by molar-refractivity contribution is -0.870. The maximum absolute atomic E-state index is 13.6. The highest BCUT2D eigenvalue weighted by atomic mass is 31.2. The fourth-order valence-corrected chi connectivity index (χ4v) is 9.82. The molecule has 0 aliphatic carbocycles. The van der Waals surface area contributed by atoms with Gasteiger partial charge in [-0.1, -0.05) is 254 Å². The lowest BCUT2D eigenvalue weighted by Gasteiger charge is -2.27. The Hall–Kier alpha value is -2.81. The zero-order chi connectivity index (χ0) is 57.2. The van der Waals surface area contributed by atoms with Gasteiger partial charge in [-0.3, -0.25) is 18.6 Å². The Kier molecular flexibility index (Phi) is 55.4. The Balaban J connectivity index is 5.16. The quantitative estimate of drug-likeness (QED) is 0.0205. The number of ether oxygens (including phenoxy) is 1. The number of amides is 1. The number of hydrogen-bond donors (Lipinski definition) is 2. The van der Waals surface area contributed by atoms with Crippen molar-refractivity contribution in [3.8, 4) is 0 Å². The van der Waals surface area contributed by atoms with E-state index in [0.29, 0.717) is 23.9 Å². The number of phosphoric ester groups is 1. The summed E-state index contributed by atoms with van der Waals surface area (Å²) in [5.74, 6) is -0.531. The standard InChI is InChI=1S/C68H123N2O7P/c1-7-10-13-16-19-22-25-28-30-31-32-33-34-35-36-37-38-39-40-42-45-48-51-54-57-60-67(71)69-65(64-76-78(73,74)75-63-62-70(4,5)6)66(59-56-53-50-47-44-41-27-24-21-18-15-12-9-3)77-68(72)61-58-55-52-49-46-43-29-26-23-20-17-14-11-8-2/h11,14,19-20,22-23,28-30,32-33,43,56,59,65-66H,7-10,12-13,15-18,21,24-27,31,34-42,44-55,57-58,60-64H2,1-6H3,(H-,69,71,73,74)/p+1/b14-11+,22-19-,23-20+,30-28-,33-32-,43-29+,59-56-. The number of carbonyl (C=O) groups is 2. The molecule has 0 saturated carbocycles. The average Bonchev–Trinajstić information content (AvgIpc) is 3.40. The molecule has 0 spiro atoms. The highest BCUT2D eigenvalue weighted by Gasteiger charge is 2.30. The second-order valence-corrected chi connectivity index (χ2v) is 24.4. The normalized spacial score (nSPS) is 14.2. The minimum Gasteiger partial charge on any atom is -0.456 e. The van der Waals surface area contributed by atoms with Gasteiger partial charge in [-0.2, -0.15) is 0 Å². The molecular formula is C68H124N2O7P+. The van der Waals surface area contributed by atoms with E-state index in [1.165, 1.54) is 148 Å².